The van der Waals surface area contributed by atoms with E-state index in [1.807, 2.05) is 6.92 Å². The Morgan fingerprint density at radius 2 is 1.89 bits per heavy atom. The fraction of sp³-hybridized carbons (Fsp3) is 0.533. The van der Waals surface area contributed by atoms with Crippen molar-refractivity contribution in [3.63, 3.8) is 0 Å². The Kier molecular flexibility index (Phi) is 6.27. The molecule has 0 aliphatic heterocycles. The molecule has 1 amide bonds. The maximum absolute atomic E-state index is 12.0. The van der Waals surface area contributed by atoms with E-state index in [0.29, 0.717) is 0 Å². The smallest absolute Gasteiger partial charge is 0.233 e. The van der Waals surface area contributed by atoms with Crippen LogP contribution in [-0.4, -0.2) is 17.2 Å². The van der Waals surface area contributed by atoms with Gasteiger partial charge >= 0.3 is 0 Å². The molecule has 0 unspecified atom stereocenters. The fourth-order valence-electron chi connectivity index (χ4n) is 1.74. The van der Waals surface area contributed by atoms with Gasteiger partial charge in [-0.3, -0.25) is 4.79 Å². The van der Waals surface area contributed by atoms with Crippen molar-refractivity contribution >= 4 is 17.7 Å². The summed E-state index contributed by atoms with van der Waals surface area (Å²) in [5.74, 6) is 0.126. The first-order chi connectivity index (χ1) is 8.52. The predicted octanol–water partition coefficient (Wildman–Crippen LogP) is 3.78. The van der Waals surface area contributed by atoms with E-state index in [1.165, 1.54) is 5.56 Å². The van der Waals surface area contributed by atoms with E-state index < -0.39 is 0 Å². The van der Waals surface area contributed by atoms with Crippen LogP contribution in [-0.2, 0) is 4.79 Å². The minimum Gasteiger partial charge on any atom is -0.353 e. The van der Waals surface area contributed by atoms with Gasteiger partial charge < -0.3 is 5.32 Å². The molecule has 1 rings (SSSR count). The van der Waals surface area contributed by atoms with Crippen molar-refractivity contribution in [2.24, 2.45) is 0 Å². The molecule has 0 heterocycles. The third kappa shape index (κ3) is 5.13. The SMILES string of the molecule is CCC[C@@H](C)NC(=O)[C@@H](C)Sc1ccc(C)cc1. The minimum atomic E-state index is -0.0491. The Morgan fingerprint density at radius 1 is 1.28 bits per heavy atom. The molecule has 3 heteroatoms. The van der Waals surface area contributed by atoms with Gasteiger partial charge in [-0.25, -0.2) is 0 Å². The first-order valence-corrected chi connectivity index (χ1v) is 7.44. The fourth-order valence-corrected chi connectivity index (χ4v) is 2.62. The highest BCUT2D eigenvalue weighted by atomic mass is 32.2. The number of rotatable bonds is 6. The maximum atomic E-state index is 12.0. The third-order valence-electron chi connectivity index (χ3n) is 2.81. The Labute approximate surface area is 115 Å². The number of amides is 1. The van der Waals surface area contributed by atoms with Crippen molar-refractivity contribution in [2.75, 3.05) is 0 Å². The highest BCUT2D eigenvalue weighted by Crippen LogP contribution is 2.23. The van der Waals surface area contributed by atoms with Gasteiger partial charge in [0.2, 0.25) is 5.91 Å². The molecule has 0 fully saturated rings. The average Bonchev–Trinajstić information content (AvgIpc) is 2.32. The van der Waals surface area contributed by atoms with Crippen LogP contribution in [0.3, 0.4) is 0 Å². The molecule has 1 aromatic rings. The lowest BCUT2D eigenvalue weighted by Gasteiger charge is -2.16. The molecule has 1 N–H and O–H groups in total. The summed E-state index contributed by atoms with van der Waals surface area (Å²) < 4.78 is 0. The van der Waals surface area contributed by atoms with Gasteiger partial charge in [-0.05, 0) is 39.3 Å². The van der Waals surface area contributed by atoms with E-state index in [1.54, 1.807) is 11.8 Å². The van der Waals surface area contributed by atoms with E-state index in [2.05, 4.69) is 50.4 Å². The van der Waals surface area contributed by atoms with Crippen molar-refractivity contribution in [1.82, 2.24) is 5.32 Å². The van der Waals surface area contributed by atoms with E-state index in [-0.39, 0.29) is 17.2 Å². The molecule has 100 valence electrons. The Hall–Kier alpha value is -0.960. The molecule has 0 spiro atoms. The lowest BCUT2D eigenvalue weighted by atomic mass is 10.2. The van der Waals surface area contributed by atoms with Gasteiger partial charge in [0, 0.05) is 10.9 Å². The van der Waals surface area contributed by atoms with Gasteiger partial charge in [0.1, 0.15) is 0 Å². The first-order valence-electron chi connectivity index (χ1n) is 6.56. The second-order valence-electron chi connectivity index (χ2n) is 4.77. The third-order valence-corrected chi connectivity index (χ3v) is 3.93. The van der Waals surface area contributed by atoms with Crippen LogP contribution < -0.4 is 5.32 Å². The second kappa shape index (κ2) is 7.47. The monoisotopic (exact) mass is 265 g/mol. The van der Waals surface area contributed by atoms with Crippen molar-refractivity contribution in [3.8, 4) is 0 Å². The highest BCUT2D eigenvalue weighted by Gasteiger charge is 2.15. The van der Waals surface area contributed by atoms with Gasteiger partial charge in [0.25, 0.3) is 0 Å². The Morgan fingerprint density at radius 3 is 2.44 bits per heavy atom. The number of benzene rings is 1. The van der Waals surface area contributed by atoms with Gasteiger partial charge in [-0.15, -0.1) is 11.8 Å². The summed E-state index contributed by atoms with van der Waals surface area (Å²) in [7, 11) is 0. The van der Waals surface area contributed by atoms with Crippen LogP contribution in [0.4, 0.5) is 0 Å². The molecule has 0 aliphatic rings. The summed E-state index contributed by atoms with van der Waals surface area (Å²) >= 11 is 1.61. The Bertz CT molecular complexity index is 375. The zero-order chi connectivity index (χ0) is 13.5. The lowest BCUT2D eigenvalue weighted by molar-refractivity contribution is -0.120. The number of aryl methyl sites for hydroxylation is 1. The molecular weight excluding hydrogens is 242 g/mol. The maximum Gasteiger partial charge on any atom is 0.233 e. The summed E-state index contributed by atoms with van der Waals surface area (Å²) in [4.78, 5) is 13.1. The topological polar surface area (TPSA) is 29.1 Å². The van der Waals surface area contributed by atoms with Crippen LogP contribution in [0, 0.1) is 6.92 Å². The summed E-state index contributed by atoms with van der Waals surface area (Å²) in [6.07, 6.45) is 2.13. The molecule has 1 aromatic carbocycles. The molecule has 0 saturated heterocycles. The number of hydrogen-bond acceptors (Lipinski definition) is 2. The van der Waals surface area contributed by atoms with Gasteiger partial charge in [-0.2, -0.15) is 0 Å². The van der Waals surface area contributed by atoms with Crippen molar-refractivity contribution in [1.29, 1.82) is 0 Å². The summed E-state index contributed by atoms with van der Waals surface area (Å²) in [5.41, 5.74) is 1.24. The first kappa shape index (κ1) is 15.1. The van der Waals surface area contributed by atoms with Crippen LogP contribution in [0.1, 0.15) is 39.2 Å². The molecule has 2 atom stereocenters. The zero-order valence-corrected chi connectivity index (χ0v) is 12.5. The van der Waals surface area contributed by atoms with Crippen LogP contribution in [0.15, 0.2) is 29.2 Å². The van der Waals surface area contributed by atoms with E-state index in [4.69, 9.17) is 0 Å². The molecule has 2 nitrogen and oxygen atoms in total. The molecule has 0 saturated carbocycles. The van der Waals surface area contributed by atoms with Crippen LogP contribution in [0.2, 0.25) is 0 Å². The normalized spacial score (nSPS) is 14.0. The molecule has 0 radical (unpaired) electrons. The Balaban J connectivity index is 2.46. The van der Waals surface area contributed by atoms with Gasteiger partial charge in [0.05, 0.1) is 5.25 Å². The van der Waals surface area contributed by atoms with E-state index >= 15 is 0 Å². The highest BCUT2D eigenvalue weighted by molar-refractivity contribution is 8.00. The molecular formula is C15H23NOS. The quantitative estimate of drug-likeness (QED) is 0.793. The number of carbonyl (C=O) groups is 1. The standard InChI is InChI=1S/C15H23NOS/c1-5-6-12(3)16-15(17)13(4)18-14-9-7-11(2)8-10-14/h7-10,12-13H,5-6H2,1-4H3,(H,16,17)/t12-,13-/m1/s1. The molecule has 0 aliphatic carbocycles. The van der Waals surface area contributed by atoms with Crippen molar-refractivity contribution < 1.29 is 4.79 Å². The molecule has 0 bridgehead atoms. The van der Waals surface area contributed by atoms with Crippen molar-refractivity contribution in [3.05, 3.63) is 29.8 Å². The number of carbonyl (C=O) groups excluding carboxylic acids is 1. The van der Waals surface area contributed by atoms with Gasteiger partial charge in [0.15, 0.2) is 0 Å². The number of thioether (sulfide) groups is 1. The van der Waals surface area contributed by atoms with Crippen molar-refractivity contribution in [2.45, 2.75) is 56.7 Å². The predicted molar refractivity (Wildman–Crippen MR) is 79.0 cm³/mol. The van der Waals surface area contributed by atoms with Crippen LogP contribution in [0.25, 0.3) is 0 Å². The molecule has 0 aromatic heterocycles. The van der Waals surface area contributed by atoms with E-state index in [9.17, 15) is 4.79 Å². The van der Waals surface area contributed by atoms with E-state index in [0.717, 1.165) is 17.7 Å². The van der Waals surface area contributed by atoms with Gasteiger partial charge in [-0.1, -0.05) is 31.0 Å². The number of hydrogen-bond donors (Lipinski definition) is 1. The van der Waals surface area contributed by atoms with Crippen LogP contribution in [0.5, 0.6) is 0 Å². The summed E-state index contributed by atoms with van der Waals surface area (Å²) in [6, 6.07) is 8.56. The second-order valence-corrected chi connectivity index (χ2v) is 6.19. The lowest BCUT2D eigenvalue weighted by Crippen LogP contribution is -2.37. The minimum absolute atomic E-state index is 0.0491. The summed E-state index contributed by atoms with van der Waals surface area (Å²) in [5, 5.41) is 3.00. The summed E-state index contributed by atoms with van der Waals surface area (Å²) in [6.45, 7) is 8.22. The number of nitrogens with one attached hydrogen (secondary N) is 1. The average molecular weight is 265 g/mol. The zero-order valence-electron chi connectivity index (χ0n) is 11.7. The largest absolute Gasteiger partial charge is 0.353 e. The van der Waals surface area contributed by atoms with Crippen LogP contribution >= 0.6 is 11.8 Å². The molecule has 18 heavy (non-hydrogen) atoms.